The van der Waals surface area contributed by atoms with Crippen molar-refractivity contribution < 1.29 is 45.1 Å². The van der Waals surface area contributed by atoms with Crippen LogP contribution in [0.1, 0.15) is 61.8 Å². The lowest BCUT2D eigenvalue weighted by Crippen LogP contribution is -2.68. The molecular formula is C35H46N2O10S3Si. The summed E-state index contributed by atoms with van der Waals surface area (Å²) in [6.07, 6.45) is -2.55. The Balaban J connectivity index is 1.42. The summed E-state index contributed by atoms with van der Waals surface area (Å²) in [6, 6.07) is 18.7. The molecule has 0 aromatic heterocycles. The van der Waals surface area contributed by atoms with Crippen LogP contribution in [0.15, 0.2) is 80.8 Å². The molecule has 0 radical (unpaired) electrons. The van der Waals surface area contributed by atoms with Crippen LogP contribution in [-0.4, -0.2) is 79.1 Å². The normalized spacial score (nSPS) is 20.7. The summed E-state index contributed by atoms with van der Waals surface area (Å²) in [7, 11) is -11.4. The van der Waals surface area contributed by atoms with Crippen LogP contribution in [0.5, 0.6) is 0 Å². The van der Waals surface area contributed by atoms with Crippen LogP contribution >= 0.6 is 11.8 Å². The number of thioether (sulfide) groups is 1. The minimum absolute atomic E-state index is 0.0421. The van der Waals surface area contributed by atoms with Gasteiger partial charge in [0.05, 0.1) is 11.3 Å². The predicted molar refractivity (Wildman–Crippen MR) is 200 cm³/mol. The number of ether oxygens (including phenoxy) is 2. The zero-order chi connectivity index (χ0) is 37.9. The van der Waals surface area contributed by atoms with Crippen molar-refractivity contribution >= 4 is 68.2 Å². The number of esters is 2. The highest BCUT2D eigenvalue weighted by Gasteiger charge is 2.52. The maximum atomic E-state index is 13.4. The lowest BCUT2D eigenvalue weighted by Gasteiger charge is -2.44. The van der Waals surface area contributed by atoms with Crippen LogP contribution in [0.3, 0.4) is 0 Å². The third-order valence-electron chi connectivity index (χ3n) is 8.74. The largest absolute Gasteiger partial charge is 0.450 e. The van der Waals surface area contributed by atoms with Gasteiger partial charge in [0.15, 0.2) is 22.0 Å². The fraction of sp³-hybridized carbons (Fsp3) is 0.457. The zero-order valence-electron chi connectivity index (χ0n) is 30.0. The van der Waals surface area contributed by atoms with Gasteiger partial charge in [-0.05, 0) is 67.7 Å². The Morgan fingerprint density at radius 1 is 0.902 bits per heavy atom. The molecule has 0 spiro atoms. The minimum atomic E-state index is -4.55. The first-order chi connectivity index (χ1) is 23.8. The molecule has 0 saturated carbocycles. The summed E-state index contributed by atoms with van der Waals surface area (Å²) >= 11 is 0.569. The summed E-state index contributed by atoms with van der Waals surface area (Å²) in [4.78, 5) is 39.3. The Morgan fingerprint density at radius 2 is 1.41 bits per heavy atom. The molecule has 2 aromatic carbocycles. The number of rotatable bonds is 13. The van der Waals surface area contributed by atoms with E-state index in [1.165, 1.54) is 19.9 Å². The van der Waals surface area contributed by atoms with Crippen LogP contribution in [0.25, 0.3) is 0 Å². The lowest BCUT2D eigenvalue weighted by molar-refractivity contribution is -0.174. The molecule has 1 unspecified atom stereocenters. The second-order valence-electron chi connectivity index (χ2n) is 13.5. The molecule has 1 amide bonds. The average molecular weight is 779 g/mol. The zero-order valence-corrected chi connectivity index (χ0v) is 33.4. The number of carbonyl (C=O) groups is 3. The van der Waals surface area contributed by atoms with Gasteiger partial charge in [-0.15, -0.1) is 0 Å². The number of sulfonamides is 1. The molecule has 16 heteroatoms. The first kappa shape index (κ1) is 40.5. The molecule has 0 aliphatic carbocycles. The van der Waals surface area contributed by atoms with E-state index in [4.69, 9.17) is 13.9 Å². The lowest BCUT2D eigenvalue weighted by atomic mass is 10.0. The molecule has 0 fully saturated rings. The highest BCUT2D eigenvalue weighted by Crippen LogP contribution is 2.48. The molecule has 2 heterocycles. The van der Waals surface area contributed by atoms with Crippen molar-refractivity contribution in [3.63, 3.8) is 0 Å². The highest BCUT2D eigenvalue weighted by molar-refractivity contribution is 8.28. The molecule has 5 atom stereocenters. The Morgan fingerprint density at radius 3 is 1.92 bits per heavy atom. The van der Waals surface area contributed by atoms with Gasteiger partial charge in [-0.25, -0.2) is 31.1 Å². The van der Waals surface area contributed by atoms with Crippen molar-refractivity contribution in [3.8, 4) is 0 Å². The number of hydrogen-bond donors (Lipinski definition) is 2. The van der Waals surface area contributed by atoms with Gasteiger partial charge in [0.1, 0.15) is 14.6 Å². The van der Waals surface area contributed by atoms with Crippen molar-refractivity contribution in [2.45, 2.75) is 96.5 Å². The van der Waals surface area contributed by atoms with Crippen LogP contribution in [-0.2, 0) is 48.1 Å². The van der Waals surface area contributed by atoms with Crippen LogP contribution in [0.2, 0.25) is 5.04 Å². The molecular weight excluding hydrogens is 733 g/mol. The summed E-state index contributed by atoms with van der Waals surface area (Å²) in [5.74, 6) is -3.08. The number of hydrogen-bond acceptors (Lipinski definition) is 12. The fourth-order valence-corrected chi connectivity index (χ4v) is 15.8. The third kappa shape index (κ3) is 8.52. The number of nitrogens with one attached hydrogen (secondary N) is 2. The van der Waals surface area contributed by atoms with Gasteiger partial charge in [0.25, 0.3) is 24.2 Å². The first-order valence-corrected chi connectivity index (χ1v) is 22.4. The summed E-state index contributed by atoms with van der Waals surface area (Å²) in [5, 5.41) is 3.84. The standard InChI is InChI=1S/C35H46N2O10S3Si/c1-9-36-29-21-30(48-34-28(29)20-22(2)49(34,41)42)50(43,44)37-31(38)23(3)45-32(39)24(4)46-33(40)25(5)47-51(35(6,7)8,26-16-12-10-13-17-26)27-18-14-11-15-19-27/h10-19,21-25,29,36H,9,20H2,1-8H3,(H,37,38)/t22-,23-,24?,25-,29-/m0/s1. The molecule has 2 aliphatic heterocycles. The third-order valence-corrected chi connectivity index (χ3v) is 19.6. The maximum absolute atomic E-state index is 13.4. The molecule has 278 valence electrons. The Bertz CT molecular complexity index is 1870. The molecule has 51 heavy (non-hydrogen) atoms. The molecule has 4 rings (SSSR count). The topological polar surface area (TPSA) is 171 Å². The number of likely N-dealkylation sites (N-methyl/N-ethyl adjacent to an activating group) is 1. The number of amides is 1. The molecule has 0 bridgehead atoms. The quantitative estimate of drug-likeness (QED) is 0.225. The molecule has 2 aromatic rings. The van der Waals surface area contributed by atoms with Gasteiger partial charge in [0.2, 0.25) is 0 Å². The van der Waals surface area contributed by atoms with E-state index in [1.807, 2.05) is 65.4 Å². The monoisotopic (exact) mass is 778 g/mol. The summed E-state index contributed by atoms with van der Waals surface area (Å²) < 4.78 is 71.2. The van der Waals surface area contributed by atoms with Gasteiger partial charge in [-0.2, -0.15) is 0 Å². The number of carbonyl (C=O) groups excluding carboxylic acids is 3. The van der Waals surface area contributed by atoms with Crippen molar-refractivity contribution in [1.82, 2.24) is 10.0 Å². The van der Waals surface area contributed by atoms with Crippen molar-refractivity contribution in [2.24, 2.45) is 0 Å². The van der Waals surface area contributed by atoms with E-state index in [2.05, 4.69) is 26.1 Å². The van der Waals surface area contributed by atoms with E-state index < -0.39 is 80.7 Å². The average Bonchev–Trinajstić information content (AvgIpc) is 3.30. The summed E-state index contributed by atoms with van der Waals surface area (Å²) in [5.41, 5.74) is 0.580. The van der Waals surface area contributed by atoms with Gasteiger partial charge in [0, 0.05) is 0 Å². The molecule has 2 N–H and O–H groups in total. The minimum Gasteiger partial charge on any atom is -0.450 e. The van der Waals surface area contributed by atoms with Gasteiger partial charge >= 0.3 is 11.9 Å². The van der Waals surface area contributed by atoms with Gasteiger partial charge in [-0.1, -0.05) is 100 Å². The van der Waals surface area contributed by atoms with Crippen molar-refractivity contribution in [2.75, 3.05) is 6.54 Å². The van der Waals surface area contributed by atoms with Crippen LogP contribution in [0.4, 0.5) is 0 Å². The van der Waals surface area contributed by atoms with E-state index in [0.717, 1.165) is 10.4 Å². The SMILES string of the molecule is CCN[C@H]1C=C(S(=O)(=O)NC(=O)[C@H](C)OC(=O)C(C)OC(=O)[C@H](C)O[Si](c2ccccc2)(c2ccccc2)C(C)(C)C)SC2=C1C[C@H](C)S2(=O)=O. The number of benzene rings is 2. The fourth-order valence-electron chi connectivity index (χ4n) is 6.07. The van der Waals surface area contributed by atoms with Crippen molar-refractivity contribution in [1.29, 1.82) is 0 Å². The first-order valence-electron chi connectivity index (χ1n) is 16.6. The van der Waals surface area contributed by atoms with E-state index in [9.17, 15) is 31.2 Å². The molecule has 12 nitrogen and oxygen atoms in total. The number of sulfone groups is 1. The van der Waals surface area contributed by atoms with E-state index in [-0.39, 0.29) is 14.9 Å². The maximum Gasteiger partial charge on any atom is 0.347 e. The Hall–Kier alpha value is -3.28. The Kier molecular flexibility index (Phi) is 12.5. The highest BCUT2D eigenvalue weighted by atomic mass is 32.3. The molecule has 0 saturated heterocycles. The molecule has 2 aliphatic rings. The van der Waals surface area contributed by atoms with E-state index in [1.54, 1.807) is 20.8 Å². The second-order valence-corrected chi connectivity index (χ2v) is 23.3. The van der Waals surface area contributed by atoms with Gasteiger partial charge in [-0.3, -0.25) is 4.79 Å². The van der Waals surface area contributed by atoms with E-state index in [0.29, 0.717) is 23.9 Å². The van der Waals surface area contributed by atoms with Gasteiger partial charge < -0.3 is 19.2 Å². The summed E-state index contributed by atoms with van der Waals surface area (Å²) in [6.45, 7) is 14.0. The van der Waals surface area contributed by atoms with Crippen LogP contribution < -0.4 is 20.4 Å². The smallest absolute Gasteiger partial charge is 0.347 e. The van der Waals surface area contributed by atoms with Crippen LogP contribution in [0, 0.1) is 0 Å². The predicted octanol–water partition coefficient (Wildman–Crippen LogP) is 3.25. The van der Waals surface area contributed by atoms with E-state index >= 15 is 0 Å². The van der Waals surface area contributed by atoms with Crippen molar-refractivity contribution in [3.05, 3.63) is 80.8 Å². The second kappa shape index (κ2) is 15.8. The Labute approximate surface area is 305 Å².